The molecule has 1 heterocycles. The van der Waals surface area contributed by atoms with E-state index < -0.39 is 26.2 Å². The van der Waals surface area contributed by atoms with Crippen LogP contribution < -0.4 is 0 Å². The van der Waals surface area contributed by atoms with Crippen LogP contribution in [0.15, 0.2) is 0 Å². The topological polar surface area (TPSA) is 74.7 Å². The monoisotopic (exact) mass is 213 g/mol. The highest BCUT2D eigenvalue weighted by Gasteiger charge is 2.26. The highest BCUT2D eigenvalue weighted by Crippen LogP contribution is 2.13. The van der Waals surface area contributed by atoms with Crippen molar-refractivity contribution in [2.24, 2.45) is 0 Å². The van der Waals surface area contributed by atoms with Gasteiger partial charge in [0.25, 0.3) is 0 Å². The van der Waals surface area contributed by atoms with Crippen LogP contribution in [0.1, 0.15) is 12.8 Å². The summed E-state index contributed by atoms with van der Waals surface area (Å²) in [4.78, 5) is 0. The first-order valence-corrected chi connectivity index (χ1v) is 6.46. The van der Waals surface area contributed by atoms with Gasteiger partial charge in [0.05, 0.1) is 0 Å². The molecule has 1 unspecified atom stereocenters. The average Bonchev–Trinajstić information content (AvgIpc) is 2.32. The van der Waals surface area contributed by atoms with Crippen molar-refractivity contribution >= 4 is 21.1 Å². The molecule has 0 aliphatic carbocycles. The molecule has 7 heteroatoms. The maximum absolute atomic E-state index is 11.2. The highest BCUT2D eigenvalue weighted by atomic mass is 32.3. The lowest BCUT2D eigenvalue weighted by Crippen LogP contribution is -2.31. The van der Waals surface area contributed by atoms with Gasteiger partial charge in [-0.1, -0.05) is 0 Å². The van der Waals surface area contributed by atoms with Crippen molar-refractivity contribution in [3.05, 3.63) is 0 Å². The lowest BCUT2D eigenvalue weighted by atomic mass is 10.4. The van der Waals surface area contributed by atoms with Crippen LogP contribution in [0.4, 0.5) is 0 Å². The molecule has 1 rings (SSSR count). The molecule has 0 saturated carbocycles. The van der Waals surface area contributed by atoms with Crippen molar-refractivity contribution in [1.82, 2.24) is 4.31 Å². The second-order valence-corrected chi connectivity index (χ2v) is 5.92. The van der Waals surface area contributed by atoms with Crippen LogP contribution in [0, 0.1) is 0 Å². The summed E-state index contributed by atoms with van der Waals surface area (Å²) in [6.07, 6.45) is 1.69. The van der Waals surface area contributed by atoms with Gasteiger partial charge in [-0.15, -0.1) is 0 Å². The zero-order valence-corrected chi connectivity index (χ0v) is 8.10. The van der Waals surface area contributed by atoms with E-state index in [0.29, 0.717) is 13.1 Å². The third-order valence-electron chi connectivity index (χ3n) is 1.71. The molecule has 1 atom stereocenters. The number of hydrogen-bond donors (Lipinski definition) is 1. The molecule has 5 nitrogen and oxygen atoms in total. The molecule has 0 spiro atoms. The molecule has 0 amide bonds. The first-order chi connectivity index (χ1) is 5.52. The third kappa shape index (κ3) is 2.51. The van der Waals surface area contributed by atoms with Gasteiger partial charge in [-0.05, 0) is 12.8 Å². The summed E-state index contributed by atoms with van der Waals surface area (Å²) in [5.74, 6) is 0. The molecular weight excluding hydrogens is 202 g/mol. The molecule has 1 aliphatic rings. The van der Waals surface area contributed by atoms with E-state index in [9.17, 15) is 12.6 Å². The number of sulfonamides is 1. The first kappa shape index (κ1) is 10.1. The van der Waals surface area contributed by atoms with Gasteiger partial charge in [-0.3, -0.25) is 0 Å². The Kier molecular flexibility index (Phi) is 3.22. The van der Waals surface area contributed by atoms with Gasteiger partial charge in [0.15, 0.2) is 16.2 Å². The fourth-order valence-corrected chi connectivity index (χ4v) is 3.60. The van der Waals surface area contributed by atoms with Crippen molar-refractivity contribution in [3.63, 3.8) is 0 Å². The zero-order valence-electron chi connectivity index (χ0n) is 6.47. The van der Waals surface area contributed by atoms with E-state index in [0.717, 1.165) is 12.8 Å². The Hall–Kier alpha value is 0.0200. The quantitative estimate of drug-likeness (QED) is 0.647. The van der Waals surface area contributed by atoms with Gasteiger partial charge >= 0.3 is 0 Å². The average molecular weight is 213 g/mol. The molecule has 1 aliphatic heterocycles. The minimum Gasteiger partial charge on any atom is -0.305 e. The van der Waals surface area contributed by atoms with Crippen LogP contribution in [0.2, 0.25) is 0 Å². The van der Waals surface area contributed by atoms with Crippen LogP contribution in [0.25, 0.3) is 0 Å². The maximum Gasteiger partial charge on any atom is 0.228 e. The van der Waals surface area contributed by atoms with Gasteiger partial charge in [0.1, 0.15) is 0 Å². The Morgan fingerprint density at radius 1 is 1.33 bits per heavy atom. The Balaban J connectivity index is 2.64. The Bertz CT molecular complexity index is 267. The molecule has 0 aromatic heterocycles. The van der Waals surface area contributed by atoms with E-state index in [4.69, 9.17) is 4.55 Å². The molecule has 0 aromatic carbocycles. The normalized spacial score (nSPS) is 22.8. The fraction of sp³-hybridized carbons (Fsp3) is 1.00. The summed E-state index contributed by atoms with van der Waals surface area (Å²) < 4.78 is 42.4. The largest absolute Gasteiger partial charge is 0.305 e. The summed E-state index contributed by atoms with van der Waals surface area (Å²) >= 11 is -2.26. The minimum absolute atomic E-state index is 0.486. The van der Waals surface area contributed by atoms with Gasteiger partial charge in [0.2, 0.25) is 10.0 Å². The molecule has 72 valence electrons. The SMILES string of the molecule is O=S(O)CS(=O)(=O)N1CCCC1. The summed E-state index contributed by atoms with van der Waals surface area (Å²) in [6.45, 7) is 0.971. The van der Waals surface area contributed by atoms with Crippen LogP contribution in [0.3, 0.4) is 0 Å². The van der Waals surface area contributed by atoms with E-state index in [1.165, 1.54) is 4.31 Å². The van der Waals surface area contributed by atoms with E-state index in [1.807, 2.05) is 0 Å². The predicted octanol–water partition coefficient (Wildman–Crippen LogP) is -0.409. The van der Waals surface area contributed by atoms with Gasteiger partial charge in [-0.2, -0.15) is 0 Å². The standard InChI is InChI=1S/C5H11NO4S2/c7-11(8)5-12(9,10)6-3-1-2-4-6/h1-5H2,(H,7,8). The first-order valence-electron chi connectivity index (χ1n) is 3.57. The second kappa shape index (κ2) is 3.82. The summed E-state index contributed by atoms with van der Waals surface area (Å²) in [6, 6.07) is 0. The van der Waals surface area contributed by atoms with Crippen LogP contribution in [-0.2, 0) is 21.1 Å². The summed E-state index contributed by atoms with van der Waals surface area (Å²) in [5.41, 5.74) is 0. The third-order valence-corrected chi connectivity index (χ3v) is 4.86. The molecule has 0 aromatic rings. The smallest absolute Gasteiger partial charge is 0.228 e. The molecular formula is C5H11NO4S2. The Morgan fingerprint density at radius 2 is 1.83 bits per heavy atom. The number of hydrogen-bond acceptors (Lipinski definition) is 3. The number of rotatable bonds is 3. The second-order valence-electron chi connectivity index (χ2n) is 2.66. The number of nitrogens with zero attached hydrogens (tertiary/aromatic N) is 1. The molecule has 0 radical (unpaired) electrons. The molecule has 1 saturated heterocycles. The van der Waals surface area contributed by atoms with Crippen molar-refractivity contribution in [3.8, 4) is 0 Å². The van der Waals surface area contributed by atoms with Crippen molar-refractivity contribution < 1.29 is 17.2 Å². The lowest BCUT2D eigenvalue weighted by Gasteiger charge is -2.12. The molecule has 1 fully saturated rings. The van der Waals surface area contributed by atoms with Crippen LogP contribution in [0.5, 0.6) is 0 Å². The summed E-state index contributed by atoms with van der Waals surface area (Å²) in [7, 11) is -3.48. The van der Waals surface area contributed by atoms with E-state index in [1.54, 1.807) is 0 Å². The maximum atomic E-state index is 11.2. The lowest BCUT2D eigenvalue weighted by molar-refractivity contribution is 0.480. The fourth-order valence-electron chi connectivity index (χ4n) is 1.17. The summed E-state index contributed by atoms with van der Waals surface area (Å²) in [5, 5.41) is -0.674. The highest BCUT2D eigenvalue weighted by molar-refractivity contribution is 8.01. The van der Waals surface area contributed by atoms with Crippen molar-refractivity contribution in [2.75, 3.05) is 18.2 Å². The molecule has 1 N–H and O–H groups in total. The molecule has 0 bridgehead atoms. The molecule has 12 heavy (non-hydrogen) atoms. The van der Waals surface area contributed by atoms with Gasteiger partial charge in [0, 0.05) is 13.1 Å². The zero-order chi connectivity index (χ0) is 9.19. The van der Waals surface area contributed by atoms with Crippen molar-refractivity contribution in [1.29, 1.82) is 0 Å². The van der Waals surface area contributed by atoms with E-state index in [2.05, 4.69) is 0 Å². The van der Waals surface area contributed by atoms with E-state index >= 15 is 0 Å². The van der Waals surface area contributed by atoms with E-state index in [-0.39, 0.29) is 0 Å². The van der Waals surface area contributed by atoms with Crippen molar-refractivity contribution in [2.45, 2.75) is 12.8 Å². The Labute approximate surface area is 74.1 Å². The van der Waals surface area contributed by atoms with Gasteiger partial charge in [-0.25, -0.2) is 16.9 Å². The predicted molar refractivity (Wildman–Crippen MR) is 45.4 cm³/mol. The van der Waals surface area contributed by atoms with Crippen LogP contribution >= 0.6 is 0 Å². The van der Waals surface area contributed by atoms with Gasteiger partial charge < -0.3 is 4.55 Å². The minimum atomic E-state index is -3.48. The van der Waals surface area contributed by atoms with Crippen LogP contribution in [-0.4, -0.2) is 39.7 Å². The Morgan fingerprint density at radius 3 is 2.25 bits per heavy atom.